The Morgan fingerprint density at radius 2 is 1.79 bits per heavy atom. The number of aromatic nitrogens is 1. The zero-order chi connectivity index (χ0) is 16.9. The summed E-state index contributed by atoms with van der Waals surface area (Å²) in [6, 6.07) is 16.7. The zero-order valence-electron chi connectivity index (χ0n) is 13.6. The highest BCUT2D eigenvalue weighted by molar-refractivity contribution is 6.00. The van der Waals surface area contributed by atoms with E-state index in [0.717, 1.165) is 22.3 Å². The monoisotopic (exact) mass is 322 g/mol. The molecule has 0 aliphatic carbocycles. The Morgan fingerprint density at radius 3 is 2.54 bits per heavy atom. The van der Waals surface area contributed by atoms with Gasteiger partial charge in [-0.05, 0) is 43.3 Å². The highest BCUT2D eigenvalue weighted by Gasteiger charge is 2.08. The van der Waals surface area contributed by atoms with Crippen molar-refractivity contribution in [1.29, 1.82) is 0 Å². The van der Waals surface area contributed by atoms with Crippen molar-refractivity contribution >= 4 is 22.5 Å². The smallest absolute Gasteiger partial charge is 0.262 e. The third-order valence-corrected chi connectivity index (χ3v) is 3.56. The molecule has 3 aromatic rings. The summed E-state index contributed by atoms with van der Waals surface area (Å²) < 4.78 is 10.6. The van der Waals surface area contributed by atoms with E-state index in [1.165, 1.54) is 0 Å². The summed E-state index contributed by atoms with van der Waals surface area (Å²) >= 11 is 0. The van der Waals surface area contributed by atoms with Gasteiger partial charge in [0.05, 0.1) is 18.3 Å². The number of methoxy groups -OCH3 is 1. The van der Waals surface area contributed by atoms with Crippen LogP contribution in [0.25, 0.3) is 10.9 Å². The number of amides is 1. The van der Waals surface area contributed by atoms with Crippen molar-refractivity contribution in [1.82, 2.24) is 4.98 Å². The van der Waals surface area contributed by atoms with E-state index in [2.05, 4.69) is 10.3 Å². The largest absolute Gasteiger partial charge is 0.497 e. The van der Waals surface area contributed by atoms with E-state index in [1.54, 1.807) is 31.4 Å². The Bertz CT molecular complexity index is 860. The van der Waals surface area contributed by atoms with Gasteiger partial charge in [0.15, 0.2) is 6.61 Å². The highest BCUT2D eigenvalue weighted by Crippen LogP contribution is 2.22. The van der Waals surface area contributed by atoms with Crippen molar-refractivity contribution < 1.29 is 14.3 Å². The lowest BCUT2D eigenvalue weighted by Gasteiger charge is -2.10. The molecule has 122 valence electrons. The minimum absolute atomic E-state index is 0.0749. The van der Waals surface area contributed by atoms with E-state index in [1.807, 2.05) is 37.3 Å². The Labute approximate surface area is 140 Å². The van der Waals surface area contributed by atoms with E-state index in [0.29, 0.717) is 11.4 Å². The normalized spacial score (nSPS) is 10.4. The van der Waals surface area contributed by atoms with Gasteiger partial charge in [-0.3, -0.25) is 9.78 Å². The van der Waals surface area contributed by atoms with Gasteiger partial charge in [-0.2, -0.15) is 0 Å². The molecule has 0 saturated heterocycles. The van der Waals surface area contributed by atoms with Crippen LogP contribution in [-0.2, 0) is 4.79 Å². The molecule has 1 amide bonds. The number of fused-ring (bicyclic) bond motifs is 1. The van der Waals surface area contributed by atoms with E-state index in [9.17, 15) is 4.79 Å². The summed E-state index contributed by atoms with van der Waals surface area (Å²) in [6.07, 6.45) is 0. The number of nitrogens with zero attached hydrogens (tertiary/aromatic N) is 1. The first-order valence-corrected chi connectivity index (χ1v) is 7.59. The molecule has 0 fully saturated rings. The fourth-order valence-electron chi connectivity index (χ4n) is 2.35. The van der Waals surface area contributed by atoms with E-state index >= 15 is 0 Å². The van der Waals surface area contributed by atoms with Crippen molar-refractivity contribution in [3.05, 3.63) is 60.3 Å². The fourth-order valence-corrected chi connectivity index (χ4v) is 2.35. The Kier molecular flexibility index (Phi) is 4.61. The first kappa shape index (κ1) is 15.8. The third kappa shape index (κ3) is 3.63. The Hall–Kier alpha value is -3.08. The van der Waals surface area contributed by atoms with Gasteiger partial charge in [0.25, 0.3) is 5.91 Å². The number of hydrogen-bond acceptors (Lipinski definition) is 4. The number of hydrogen-bond donors (Lipinski definition) is 1. The highest BCUT2D eigenvalue weighted by atomic mass is 16.5. The van der Waals surface area contributed by atoms with Crippen molar-refractivity contribution in [2.45, 2.75) is 6.92 Å². The van der Waals surface area contributed by atoms with Crippen molar-refractivity contribution in [3.63, 3.8) is 0 Å². The van der Waals surface area contributed by atoms with Crippen LogP contribution in [0, 0.1) is 6.92 Å². The fraction of sp³-hybridized carbons (Fsp3) is 0.158. The molecule has 0 atom stereocenters. The van der Waals surface area contributed by atoms with Crippen LogP contribution in [0.4, 0.5) is 5.69 Å². The average molecular weight is 322 g/mol. The first-order chi connectivity index (χ1) is 11.7. The van der Waals surface area contributed by atoms with Gasteiger partial charge in [0.2, 0.25) is 0 Å². The number of carbonyl (C=O) groups is 1. The molecule has 0 aliphatic heterocycles. The summed E-state index contributed by atoms with van der Waals surface area (Å²) in [4.78, 5) is 16.6. The molecular formula is C19H18N2O3. The molecule has 2 aromatic carbocycles. The van der Waals surface area contributed by atoms with E-state index < -0.39 is 0 Å². The van der Waals surface area contributed by atoms with Crippen LogP contribution in [0.15, 0.2) is 54.6 Å². The number of anilines is 1. The number of rotatable bonds is 5. The molecule has 0 unspecified atom stereocenters. The van der Waals surface area contributed by atoms with Gasteiger partial charge < -0.3 is 14.8 Å². The van der Waals surface area contributed by atoms with Crippen LogP contribution in [0.2, 0.25) is 0 Å². The quantitative estimate of drug-likeness (QED) is 0.780. The molecule has 24 heavy (non-hydrogen) atoms. The van der Waals surface area contributed by atoms with Crippen LogP contribution in [0.1, 0.15) is 5.69 Å². The maximum absolute atomic E-state index is 12.1. The summed E-state index contributed by atoms with van der Waals surface area (Å²) in [5.74, 6) is 1.11. The minimum atomic E-state index is -0.235. The zero-order valence-corrected chi connectivity index (χ0v) is 13.6. The van der Waals surface area contributed by atoms with Crippen LogP contribution in [-0.4, -0.2) is 24.6 Å². The minimum Gasteiger partial charge on any atom is -0.497 e. The Morgan fingerprint density at radius 1 is 1.04 bits per heavy atom. The number of pyridine rings is 1. The van der Waals surface area contributed by atoms with Gasteiger partial charge >= 0.3 is 0 Å². The van der Waals surface area contributed by atoms with Crippen LogP contribution >= 0.6 is 0 Å². The van der Waals surface area contributed by atoms with Crippen molar-refractivity contribution in [2.75, 3.05) is 19.0 Å². The number of aryl methyl sites for hydroxylation is 1. The molecule has 1 heterocycles. The van der Waals surface area contributed by atoms with Gasteiger partial charge in [-0.25, -0.2) is 0 Å². The first-order valence-electron chi connectivity index (χ1n) is 7.59. The van der Waals surface area contributed by atoms with Crippen LogP contribution in [0.3, 0.4) is 0 Å². The van der Waals surface area contributed by atoms with Crippen LogP contribution < -0.4 is 14.8 Å². The molecule has 0 saturated carbocycles. The molecule has 0 radical (unpaired) electrons. The van der Waals surface area contributed by atoms with Crippen molar-refractivity contribution in [2.24, 2.45) is 0 Å². The number of nitrogens with one attached hydrogen (secondary N) is 1. The molecule has 0 aliphatic rings. The number of carbonyl (C=O) groups excluding carboxylic acids is 1. The summed E-state index contributed by atoms with van der Waals surface area (Å²) in [5.41, 5.74) is 2.36. The van der Waals surface area contributed by atoms with Gasteiger partial charge in [-0.15, -0.1) is 0 Å². The molecule has 0 bridgehead atoms. The molecule has 5 heteroatoms. The van der Waals surface area contributed by atoms with Crippen LogP contribution in [0.5, 0.6) is 11.5 Å². The SMILES string of the molecule is COc1ccc(OCC(=O)Nc2cccc3ccc(C)nc23)cc1. The average Bonchev–Trinajstić information content (AvgIpc) is 2.61. The topological polar surface area (TPSA) is 60.5 Å². The van der Waals surface area contributed by atoms with Crippen molar-refractivity contribution in [3.8, 4) is 11.5 Å². The lowest BCUT2D eigenvalue weighted by Crippen LogP contribution is -2.20. The molecule has 0 spiro atoms. The number of ether oxygens (including phenoxy) is 2. The summed E-state index contributed by atoms with van der Waals surface area (Å²) in [5, 5.41) is 3.83. The third-order valence-electron chi connectivity index (χ3n) is 3.56. The number of para-hydroxylation sites is 1. The molecule has 5 nitrogen and oxygen atoms in total. The van der Waals surface area contributed by atoms with Gasteiger partial charge in [-0.1, -0.05) is 18.2 Å². The Balaban J connectivity index is 1.67. The molecule has 1 N–H and O–H groups in total. The van der Waals surface area contributed by atoms with E-state index in [4.69, 9.17) is 9.47 Å². The maximum Gasteiger partial charge on any atom is 0.262 e. The number of benzene rings is 2. The second-order valence-electron chi connectivity index (χ2n) is 5.34. The second kappa shape index (κ2) is 7.00. The molecular weight excluding hydrogens is 304 g/mol. The molecule has 1 aromatic heterocycles. The summed E-state index contributed by atoms with van der Waals surface area (Å²) in [6.45, 7) is 1.85. The van der Waals surface area contributed by atoms with E-state index in [-0.39, 0.29) is 12.5 Å². The second-order valence-corrected chi connectivity index (χ2v) is 5.34. The van der Waals surface area contributed by atoms with Gasteiger partial charge in [0, 0.05) is 11.1 Å². The molecule has 3 rings (SSSR count). The summed E-state index contributed by atoms with van der Waals surface area (Å²) in [7, 11) is 1.60. The lowest BCUT2D eigenvalue weighted by atomic mass is 10.1. The predicted octanol–water partition coefficient (Wildman–Crippen LogP) is 3.57. The predicted molar refractivity (Wildman–Crippen MR) is 93.6 cm³/mol. The maximum atomic E-state index is 12.1. The lowest BCUT2D eigenvalue weighted by molar-refractivity contribution is -0.118. The standard InChI is InChI=1S/C19H18N2O3/c1-13-6-7-14-4-3-5-17(19(14)20-13)21-18(22)12-24-16-10-8-15(23-2)9-11-16/h3-11H,12H2,1-2H3,(H,21,22). The van der Waals surface area contributed by atoms with Gasteiger partial charge in [0.1, 0.15) is 11.5 Å².